The molecule has 1 aliphatic heterocycles. The zero-order chi connectivity index (χ0) is 12.6. The highest BCUT2D eigenvalue weighted by Gasteiger charge is 2.30. The van der Waals surface area contributed by atoms with Gasteiger partial charge >= 0.3 is 8.56 Å². The third-order valence-electron chi connectivity index (χ3n) is 2.50. The van der Waals surface area contributed by atoms with Gasteiger partial charge in [0.15, 0.2) is 0 Å². The van der Waals surface area contributed by atoms with Crippen molar-refractivity contribution in [3.05, 3.63) is 0 Å². The zero-order valence-electron chi connectivity index (χ0n) is 11.1. The molecular weight excluding hydrogens is 240 g/mol. The summed E-state index contributed by atoms with van der Waals surface area (Å²) in [4.78, 5) is 10.1. The smallest absolute Gasteiger partial charge is 0.334 e. The minimum Gasteiger partial charge on any atom is -0.395 e. The summed E-state index contributed by atoms with van der Waals surface area (Å²) in [7, 11) is -1.98. The summed E-state index contributed by atoms with van der Waals surface area (Å²) < 4.78 is 16.4. The molecule has 6 heteroatoms. The lowest BCUT2D eigenvalue weighted by Gasteiger charge is -2.25. The molecule has 1 rings (SSSR count). The van der Waals surface area contributed by atoms with Crippen molar-refractivity contribution in [1.29, 1.82) is 0 Å². The van der Waals surface area contributed by atoms with E-state index in [0.717, 1.165) is 19.1 Å². The number of ether oxygens (including phenoxy) is 1. The van der Waals surface area contributed by atoms with Crippen LogP contribution in [0.4, 0.5) is 0 Å². The number of rotatable bonds is 11. The maximum Gasteiger partial charge on any atom is 0.334 e. The van der Waals surface area contributed by atoms with E-state index in [1.54, 1.807) is 0 Å². The Morgan fingerprint density at radius 3 is 2.35 bits per heavy atom. The normalized spacial score (nSPS) is 19.6. The summed E-state index contributed by atoms with van der Waals surface area (Å²) in [5.41, 5.74) is 0. The second kappa shape index (κ2) is 8.18. The number of epoxide rings is 1. The van der Waals surface area contributed by atoms with Gasteiger partial charge in [0.25, 0.3) is 0 Å². The molecule has 1 saturated heterocycles. The summed E-state index contributed by atoms with van der Waals surface area (Å²) in [6.45, 7) is 9.42. The van der Waals surface area contributed by atoms with Crippen LogP contribution in [-0.4, -0.2) is 47.7 Å². The molecule has 0 aliphatic carbocycles. The third kappa shape index (κ3) is 7.12. The van der Waals surface area contributed by atoms with Crippen molar-refractivity contribution in [1.82, 2.24) is 0 Å². The Labute approximate surface area is 105 Å². The van der Waals surface area contributed by atoms with E-state index in [1.165, 1.54) is 0 Å². The van der Waals surface area contributed by atoms with Crippen LogP contribution in [0.1, 0.15) is 20.3 Å². The van der Waals surface area contributed by atoms with Crippen LogP contribution in [0.2, 0.25) is 12.6 Å². The second-order valence-corrected chi connectivity index (χ2v) is 7.51. The predicted molar refractivity (Wildman–Crippen MR) is 65.9 cm³/mol. The Kier molecular flexibility index (Phi) is 7.25. The summed E-state index contributed by atoms with van der Waals surface area (Å²) in [5.74, 6) is 0. The predicted octanol–water partition coefficient (Wildman–Crippen LogP) is 1.87. The van der Waals surface area contributed by atoms with Crippen LogP contribution in [0.15, 0.2) is 0 Å². The molecule has 5 nitrogen and oxygen atoms in total. The van der Waals surface area contributed by atoms with Crippen molar-refractivity contribution in [3.8, 4) is 0 Å². The van der Waals surface area contributed by atoms with Gasteiger partial charge in [-0.05, 0) is 32.9 Å². The van der Waals surface area contributed by atoms with Crippen LogP contribution in [0.25, 0.3) is 0 Å². The standard InChI is InChI=1S/C11H24O5Si/c1-4-15-17(3,16-5-2)8-6-7-13-14-10-11-9-12-11/h11H,4-10H2,1-3H3. The molecule has 1 unspecified atom stereocenters. The van der Waals surface area contributed by atoms with Gasteiger partial charge in [-0.3, -0.25) is 0 Å². The molecule has 0 aromatic heterocycles. The number of hydrogen-bond acceptors (Lipinski definition) is 5. The molecule has 102 valence electrons. The van der Waals surface area contributed by atoms with E-state index in [9.17, 15) is 0 Å². The van der Waals surface area contributed by atoms with E-state index < -0.39 is 8.56 Å². The molecule has 0 radical (unpaired) electrons. The van der Waals surface area contributed by atoms with E-state index in [0.29, 0.717) is 26.4 Å². The van der Waals surface area contributed by atoms with Crippen LogP contribution in [0, 0.1) is 0 Å². The van der Waals surface area contributed by atoms with Gasteiger partial charge in [0.05, 0.1) is 13.2 Å². The van der Waals surface area contributed by atoms with Gasteiger partial charge < -0.3 is 13.6 Å². The van der Waals surface area contributed by atoms with E-state index in [2.05, 4.69) is 6.55 Å². The van der Waals surface area contributed by atoms with Gasteiger partial charge in [0, 0.05) is 13.2 Å². The fraction of sp³-hybridized carbons (Fsp3) is 1.00. The van der Waals surface area contributed by atoms with Gasteiger partial charge in [0.1, 0.15) is 12.7 Å². The molecule has 0 amide bonds. The molecular formula is C11H24O5Si. The van der Waals surface area contributed by atoms with E-state index >= 15 is 0 Å². The summed E-state index contributed by atoms with van der Waals surface area (Å²) in [6, 6.07) is 0.929. The SMILES string of the molecule is CCO[Si](C)(CCCOOCC1CO1)OCC. The Balaban J connectivity index is 2.00. The first-order chi connectivity index (χ1) is 8.20. The maximum absolute atomic E-state index is 5.72. The Morgan fingerprint density at radius 2 is 1.82 bits per heavy atom. The quantitative estimate of drug-likeness (QED) is 0.187. The first kappa shape index (κ1) is 15.1. The minimum absolute atomic E-state index is 0.251. The Bertz CT molecular complexity index is 192. The highest BCUT2D eigenvalue weighted by molar-refractivity contribution is 6.66. The van der Waals surface area contributed by atoms with Gasteiger partial charge in [0.2, 0.25) is 0 Å². The fourth-order valence-electron chi connectivity index (χ4n) is 1.60. The molecule has 0 saturated carbocycles. The third-order valence-corrected chi connectivity index (χ3v) is 5.56. The topological polar surface area (TPSA) is 49.5 Å². The molecule has 0 bridgehead atoms. The highest BCUT2D eigenvalue weighted by atomic mass is 28.4. The largest absolute Gasteiger partial charge is 0.395 e. The first-order valence-corrected chi connectivity index (χ1v) is 8.86. The van der Waals surface area contributed by atoms with Gasteiger partial charge in [-0.15, -0.1) is 0 Å². The Morgan fingerprint density at radius 1 is 1.18 bits per heavy atom. The molecule has 1 fully saturated rings. The van der Waals surface area contributed by atoms with Crippen LogP contribution >= 0.6 is 0 Å². The van der Waals surface area contributed by atoms with Crippen molar-refractivity contribution >= 4 is 8.56 Å². The van der Waals surface area contributed by atoms with E-state index in [1.807, 2.05) is 13.8 Å². The van der Waals surface area contributed by atoms with Crippen molar-refractivity contribution in [2.75, 3.05) is 33.0 Å². The van der Waals surface area contributed by atoms with E-state index in [4.69, 9.17) is 23.4 Å². The zero-order valence-corrected chi connectivity index (χ0v) is 12.1. The lowest BCUT2D eigenvalue weighted by Crippen LogP contribution is -2.38. The lowest BCUT2D eigenvalue weighted by molar-refractivity contribution is -0.296. The van der Waals surface area contributed by atoms with Crippen LogP contribution in [0.3, 0.4) is 0 Å². The van der Waals surface area contributed by atoms with Gasteiger partial charge in [-0.2, -0.15) is 0 Å². The summed E-state index contributed by atoms with van der Waals surface area (Å²) >= 11 is 0. The fourth-order valence-corrected chi connectivity index (χ4v) is 3.98. The molecule has 0 N–H and O–H groups in total. The Hall–Kier alpha value is 0.0169. The summed E-state index contributed by atoms with van der Waals surface area (Å²) in [5, 5.41) is 0. The van der Waals surface area contributed by atoms with Crippen LogP contribution in [-0.2, 0) is 23.4 Å². The molecule has 0 aromatic rings. The van der Waals surface area contributed by atoms with Crippen LogP contribution in [0.5, 0.6) is 0 Å². The van der Waals surface area contributed by atoms with Gasteiger partial charge in [-0.1, -0.05) is 0 Å². The van der Waals surface area contributed by atoms with Crippen molar-refractivity contribution < 1.29 is 23.4 Å². The summed E-state index contributed by atoms with van der Waals surface area (Å²) in [6.07, 6.45) is 1.15. The van der Waals surface area contributed by atoms with E-state index in [-0.39, 0.29) is 6.10 Å². The maximum atomic E-state index is 5.72. The average Bonchev–Trinajstić information content (AvgIpc) is 3.08. The monoisotopic (exact) mass is 264 g/mol. The average molecular weight is 264 g/mol. The lowest BCUT2D eigenvalue weighted by atomic mass is 10.5. The molecule has 0 spiro atoms. The minimum atomic E-state index is -1.98. The molecule has 1 heterocycles. The molecule has 1 atom stereocenters. The number of hydrogen-bond donors (Lipinski definition) is 0. The van der Waals surface area contributed by atoms with Crippen molar-refractivity contribution in [2.45, 2.75) is 39.0 Å². The van der Waals surface area contributed by atoms with Crippen molar-refractivity contribution in [3.63, 3.8) is 0 Å². The molecule has 0 aromatic carbocycles. The van der Waals surface area contributed by atoms with Crippen molar-refractivity contribution in [2.24, 2.45) is 0 Å². The second-order valence-electron chi connectivity index (χ2n) is 4.17. The molecule has 17 heavy (non-hydrogen) atoms. The first-order valence-electron chi connectivity index (χ1n) is 6.34. The highest BCUT2D eigenvalue weighted by Crippen LogP contribution is 2.16. The molecule has 1 aliphatic rings. The van der Waals surface area contributed by atoms with Gasteiger partial charge in [-0.25, -0.2) is 9.78 Å². The van der Waals surface area contributed by atoms with Crippen LogP contribution < -0.4 is 0 Å².